The van der Waals surface area contributed by atoms with Gasteiger partial charge in [0, 0.05) is 5.69 Å². The van der Waals surface area contributed by atoms with Crippen molar-refractivity contribution in [2.24, 2.45) is 0 Å². The van der Waals surface area contributed by atoms with Crippen LogP contribution in [-0.4, -0.2) is 6.18 Å². The molecule has 2 nitrogen and oxygen atoms in total. The van der Waals surface area contributed by atoms with Gasteiger partial charge >= 0.3 is 6.18 Å². The molecule has 0 unspecified atom stereocenters. The Kier molecular flexibility index (Phi) is 2.88. The minimum Gasteiger partial charge on any atom is -0.396 e. The Hall–Kier alpha value is -1.72. The van der Waals surface area contributed by atoms with Gasteiger partial charge in [-0.3, -0.25) is 0 Å². The lowest BCUT2D eigenvalue weighted by molar-refractivity contribution is -0.0898. The Bertz CT molecular complexity index is 384. The van der Waals surface area contributed by atoms with Crippen LogP contribution in [0.5, 0.6) is 0 Å². The highest BCUT2D eigenvalue weighted by molar-refractivity contribution is 5.57. The molecule has 1 aromatic rings. The smallest absolute Gasteiger partial charge is 0.396 e. The van der Waals surface area contributed by atoms with Crippen LogP contribution in [0.1, 0.15) is 0 Å². The quantitative estimate of drug-likeness (QED) is 0.594. The van der Waals surface area contributed by atoms with Gasteiger partial charge in [0.1, 0.15) is 11.5 Å². The number of anilines is 2. The molecule has 82 valence electrons. The Morgan fingerprint density at radius 3 is 2.40 bits per heavy atom. The average Bonchev–Trinajstić information content (AvgIpc) is 2.10. The number of nitrogens with one attached hydrogen (secondary N) is 1. The molecule has 0 aliphatic carbocycles. The largest absolute Gasteiger partial charge is 0.430 e. The molecule has 0 aliphatic heterocycles. The van der Waals surface area contributed by atoms with Crippen molar-refractivity contribution in [3.8, 4) is 0 Å². The van der Waals surface area contributed by atoms with Crippen LogP contribution in [0.3, 0.4) is 0 Å². The minimum absolute atomic E-state index is 0.0382. The Labute approximate surface area is 83.4 Å². The van der Waals surface area contributed by atoms with Gasteiger partial charge < -0.3 is 11.1 Å². The Balaban J connectivity index is 2.83. The molecule has 0 aliphatic rings. The topological polar surface area (TPSA) is 38.0 Å². The number of allylic oxidation sites excluding steroid dienone is 1. The molecule has 0 radical (unpaired) electrons. The predicted octanol–water partition coefficient (Wildman–Crippen LogP) is 2.90. The van der Waals surface area contributed by atoms with Gasteiger partial charge in [0.05, 0.1) is 5.69 Å². The van der Waals surface area contributed by atoms with Gasteiger partial charge in [-0.25, -0.2) is 4.39 Å². The summed E-state index contributed by atoms with van der Waals surface area (Å²) in [5.74, 6) is -0.682. The van der Waals surface area contributed by atoms with E-state index in [1.165, 1.54) is 0 Å². The van der Waals surface area contributed by atoms with E-state index in [1.807, 2.05) is 5.32 Å². The van der Waals surface area contributed by atoms with Crippen molar-refractivity contribution in [1.82, 2.24) is 0 Å². The molecule has 0 amide bonds. The summed E-state index contributed by atoms with van der Waals surface area (Å²) in [7, 11) is 0. The maximum Gasteiger partial charge on any atom is 0.430 e. The molecule has 0 saturated carbocycles. The van der Waals surface area contributed by atoms with Crippen LogP contribution in [0, 0.1) is 5.82 Å². The summed E-state index contributed by atoms with van der Waals surface area (Å²) in [5.41, 5.74) is 3.86. The van der Waals surface area contributed by atoms with Gasteiger partial charge in [-0.05, 0) is 18.2 Å². The van der Waals surface area contributed by atoms with Gasteiger partial charge in [-0.2, -0.15) is 13.2 Å². The van der Waals surface area contributed by atoms with E-state index in [0.717, 1.165) is 18.2 Å². The number of rotatable bonds is 2. The molecule has 0 bridgehead atoms. The number of nitrogen functional groups attached to an aromatic ring is 1. The lowest BCUT2D eigenvalue weighted by Gasteiger charge is -2.12. The second-order valence-electron chi connectivity index (χ2n) is 2.84. The van der Waals surface area contributed by atoms with E-state index in [9.17, 15) is 17.6 Å². The number of benzene rings is 1. The molecule has 1 rings (SSSR count). The Morgan fingerprint density at radius 2 is 1.93 bits per heavy atom. The molecule has 15 heavy (non-hydrogen) atoms. The summed E-state index contributed by atoms with van der Waals surface area (Å²) >= 11 is 0. The predicted molar refractivity (Wildman–Crippen MR) is 49.6 cm³/mol. The van der Waals surface area contributed by atoms with Crippen LogP contribution in [0.4, 0.5) is 28.9 Å². The van der Waals surface area contributed by atoms with Gasteiger partial charge in [-0.15, -0.1) is 0 Å². The molecule has 6 heteroatoms. The van der Waals surface area contributed by atoms with Crippen LogP contribution in [-0.2, 0) is 0 Å². The number of hydrogen-bond donors (Lipinski definition) is 2. The first-order valence-corrected chi connectivity index (χ1v) is 3.89. The summed E-state index contributed by atoms with van der Waals surface area (Å²) in [6, 6.07) is 3.18. The van der Waals surface area contributed by atoms with Gasteiger partial charge in [0.15, 0.2) is 0 Å². The summed E-state index contributed by atoms with van der Waals surface area (Å²) < 4.78 is 48.8. The molecule has 0 saturated heterocycles. The fourth-order valence-electron chi connectivity index (χ4n) is 0.867. The number of nitrogens with two attached hydrogens (primary N) is 1. The summed E-state index contributed by atoms with van der Waals surface area (Å²) in [6.07, 6.45) is -4.54. The normalized spacial score (nSPS) is 11.2. The molecule has 0 fully saturated rings. The summed E-state index contributed by atoms with van der Waals surface area (Å²) in [5, 5.41) is 1.98. The molecule has 0 heterocycles. The zero-order valence-electron chi connectivity index (χ0n) is 7.53. The third-order valence-corrected chi connectivity index (χ3v) is 1.63. The van der Waals surface area contributed by atoms with Crippen LogP contribution < -0.4 is 11.1 Å². The molecule has 0 spiro atoms. The second kappa shape index (κ2) is 3.80. The number of alkyl halides is 3. The van der Waals surface area contributed by atoms with Crippen LogP contribution >= 0.6 is 0 Å². The van der Waals surface area contributed by atoms with Gasteiger partial charge in [0.25, 0.3) is 0 Å². The lowest BCUT2D eigenvalue weighted by Crippen LogP contribution is -2.17. The van der Waals surface area contributed by atoms with Crippen LogP contribution in [0.25, 0.3) is 0 Å². The van der Waals surface area contributed by atoms with E-state index < -0.39 is 17.7 Å². The fourth-order valence-corrected chi connectivity index (χ4v) is 0.867. The van der Waals surface area contributed by atoms with Crippen molar-refractivity contribution in [2.45, 2.75) is 6.18 Å². The first kappa shape index (κ1) is 11.4. The standard InChI is InChI=1S/C9H8F4N2/c1-5(9(11,12)13)15-6-2-3-7(10)8(14)4-6/h2-4,15H,1,14H2. The van der Waals surface area contributed by atoms with Gasteiger partial charge in [-0.1, -0.05) is 6.58 Å². The van der Waals surface area contributed by atoms with Crippen molar-refractivity contribution in [1.29, 1.82) is 0 Å². The van der Waals surface area contributed by atoms with E-state index in [0.29, 0.717) is 0 Å². The monoisotopic (exact) mass is 220 g/mol. The van der Waals surface area contributed by atoms with Crippen molar-refractivity contribution >= 4 is 11.4 Å². The highest BCUT2D eigenvalue weighted by atomic mass is 19.4. The van der Waals surface area contributed by atoms with E-state index in [4.69, 9.17) is 5.73 Å². The van der Waals surface area contributed by atoms with Gasteiger partial charge in [0.2, 0.25) is 0 Å². The molecular weight excluding hydrogens is 212 g/mol. The summed E-state index contributed by atoms with van der Waals surface area (Å²) in [6.45, 7) is 2.80. The number of halogens is 4. The van der Waals surface area contributed by atoms with E-state index in [1.54, 1.807) is 0 Å². The lowest BCUT2D eigenvalue weighted by atomic mass is 10.2. The molecule has 0 atom stereocenters. The average molecular weight is 220 g/mol. The van der Waals surface area contributed by atoms with Crippen LogP contribution in [0.15, 0.2) is 30.5 Å². The Morgan fingerprint density at radius 1 is 1.33 bits per heavy atom. The first-order chi connectivity index (χ1) is 6.80. The molecular formula is C9H8F4N2. The number of hydrogen-bond acceptors (Lipinski definition) is 2. The first-order valence-electron chi connectivity index (χ1n) is 3.89. The van der Waals surface area contributed by atoms with E-state index >= 15 is 0 Å². The zero-order chi connectivity index (χ0) is 11.6. The molecule has 0 aromatic heterocycles. The molecule has 3 N–H and O–H groups in total. The van der Waals surface area contributed by atoms with E-state index in [2.05, 4.69) is 6.58 Å². The van der Waals surface area contributed by atoms with Crippen molar-refractivity contribution in [3.63, 3.8) is 0 Å². The maximum atomic E-state index is 12.7. The van der Waals surface area contributed by atoms with E-state index in [-0.39, 0.29) is 11.4 Å². The third kappa shape index (κ3) is 2.87. The van der Waals surface area contributed by atoms with Crippen molar-refractivity contribution in [2.75, 3.05) is 11.1 Å². The second-order valence-corrected chi connectivity index (χ2v) is 2.84. The van der Waals surface area contributed by atoms with Crippen LogP contribution in [0.2, 0.25) is 0 Å². The van der Waals surface area contributed by atoms with Crippen molar-refractivity contribution in [3.05, 3.63) is 36.3 Å². The highest BCUT2D eigenvalue weighted by Gasteiger charge is 2.32. The minimum atomic E-state index is -4.54. The fraction of sp³-hybridized carbons (Fsp3) is 0.111. The van der Waals surface area contributed by atoms with Crippen molar-refractivity contribution < 1.29 is 17.6 Å². The summed E-state index contributed by atoms with van der Waals surface area (Å²) in [4.78, 5) is 0. The molecule has 1 aromatic carbocycles. The maximum absolute atomic E-state index is 12.7. The highest BCUT2D eigenvalue weighted by Crippen LogP contribution is 2.26. The third-order valence-electron chi connectivity index (χ3n) is 1.63. The SMILES string of the molecule is C=C(Nc1ccc(F)c(N)c1)C(F)(F)F. The zero-order valence-corrected chi connectivity index (χ0v) is 7.53.